The molecule has 3 N–H and O–H groups in total. The summed E-state index contributed by atoms with van der Waals surface area (Å²) in [4.78, 5) is 24.1. The first-order valence-corrected chi connectivity index (χ1v) is 7.56. The van der Waals surface area contributed by atoms with Gasteiger partial charge in [-0.3, -0.25) is 9.59 Å². The van der Waals surface area contributed by atoms with Crippen molar-refractivity contribution in [2.24, 2.45) is 28.9 Å². The maximum absolute atomic E-state index is 12.7. The highest BCUT2D eigenvalue weighted by Gasteiger charge is 2.54. The molecule has 4 aliphatic rings. The largest absolute Gasteiger partial charge is 0.368 e. The molecular weight excluding hydrogens is 252 g/mol. The van der Waals surface area contributed by atoms with Crippen LogP contribution in [0.25, 0.3) is 0 Å². The molecule has 4 aliphatic carbocycles. The lowest BCUT2D eigenvalue weighted by molar-refractivity contribution is -0.148. The molecule has 0 aliphatic heterocycles. The Balaban J connectivity index is 1.73. The lowest BCUT2D eigenvalue weighted by Gasteiger charge is -2.55. The molecule has 0 aromatic heterocycles. The fraction of sp³-hybridized carbons (Fsp3) is 0.750. The van der Waals surface area contributed by atoms with Crippen LogP contribution in [-0.2, 0) is 9.59 Å². The van der Waals surface area contributed by atoms with Gasteiger partial charge in [0.05, 0.1) is 0 Å². The van der Waals surface area contributed by atoms with Crippen LogP contribution in [0.15, 0.2) is 0 Å². The first-order valence-electron chi connectivity index (χ1n) is 7.56. The van der Waals surface area contributed by atoms with Crippen LogP contribution in [-0.4, -0.2) is 17.9 Å². The predicted molar refractivity (Wildman–Crippen MR) is 75.2 cm³/mol. The van der Waals surface area contributed by atoms with Gasteiger partial charge in [0.2, 0.25) is 11.8 Å². The molecule has 0 spiro atoms. The lowest BCUT2D eigenvalue weighted by Crippen LogP contribution is -2.56. The van der Waals surface area contributed by atoms with Gasteiger partial charge >= 0.3 is 0 Å². The molecule has 2 amide bonds. The van der Waals surface area contributed by atoms with Gasteiger partial charge < -0.3 is 11.1 Å². The third-order valence-corrected chi connectivity index (χ3v) is 5.49. The van der Waals surface area contributed by atoms with E-state index >= 15 is 0 Å². The average molecular weight is 274 g/mol. The summed E-state index contributed by atoms with van der Waals surface area (Å²) in [7, 11) is 0. The topological polar surface area (TPSA) is 72.2 Å². The van der Waals surface area contributed by atoms with E-state index in [9.17, 15) is 9.59 Å². The van der Waals surface area contributed by atoms with Crippen molar-refractivity contribution in [1.82, 2.24) is 5.32 Å². The molecule has 0 unspecified atom stereocenters. The first-order chi connectivity index (χ1) is 9.52. The van der Waals surface area contributed by atoms with Gasteiger partial charge in [-0.1, -0.05) is 0 Å². The Bertz CT molecular complexity index is 442. The number of primary amides is 1. The number of amides is 2. The molecule has 4 fully saturated rings. The highest BCUT2D eigenvalue weighted by molar-refractivity contribution is 5.89. The molecule has 4 heteroatoms. The van der Waals surface area contributed by atoms with Gasteiger partial charge in [-0.25, -0.2) is 0 Å². The maximum atomic E-state index is 12.7. The Kier molecular flexibility index (Phi) is 3.24. The second-order valence-corrected chi connectivity index (χ2v) is 7.03. The second kappa shape index (κ2) is 4.80. The summed E-state index contributed by atoms with van der Waals surface area (Å²) < 4.78 is 0. The molecule has 108 valence electrons. The number of rotatable bonds is 4. The van der Waals surface area contributed by atoms with Crippen LogP contribution in [0.3, 0.4) is 0 Å². The van der Waals surface area contributed by atoms with Crippen LogP contribution in [0.5, 0.6) is 0 Å². The molecule has 0 aromatic carbocycles. The number of nitrogens with two attached hydrogens (primary N) is 1. The van der Waals surface area contributed by atoms with Crippen molar-refractivity contribution in [3.8, 4) is 12.3 Å². The number of hydrogen-bond donors (Lipinski definition) is 2. The molecule has 4 nitrogen and oxygen atoms in total. The molecule has 4 bridgehead atoms. The Morgan fingerprint density at radius 3 is 2.10 bits per heavy atom. The molecule has 0 aromatic rings. The highest BCUT2D eigenvalue weighted by Crippen LogP contribution is 2.60. The normalized spacial score (nSPS) is 39.0. The standard InChI is InChI=1S/C16H22N2O2/c1-2-3-13(14(17)19)18-15(20)16-7-10-4-11(8-16)6-12(5-10)9-16/h1,10-13H,3-9H2,(H2,17,19)(H,18,20)/t10?,11?,12?,13-,16?/m1/s1. The summed E-state index contributed by atoms with van der Waals surface area (Å²) in [5.74, 6) is 3.98. The summed E-state index contributed by atoms with van der Waals surface area (Å²) in [6.45, 7) is 0. The third kappa shape index (κ3) is 2.19. The van der Waals surface area contributed by atoms with E-state index in [-0.39, 0.29) is 17.7 Å². The maximum Gasteiger partial charge on any atom is 0.240 e. The zero-order valence-electron chi connectivity index (χ0n) is 11.7. The minimum Gasteiger partial charge on any atom is -0.368 e. The van der Waals surface area contributed by atoms with Crippen LogP contribution in [0.4, 0.5) is 0 Å². The molecule has 0 radical (unpaired) electrons. The smallest absolute Gasteiger partial charge is 0.240 e. The molecule has 4 rings (SSSR count). The van der Waals surface area contributed by atoms with Crippen molar-refractivity contribution in [1.29, 1.82) is 0 Å². The van der Waals surface area contributed by atoms with E-state index in [1.165, 1.54) is 19.3 Å². The van der Waals surface area contributed by atoms with Crippen molar-refractivity contribution >= 4 is 11.8 Å². The third-order valence-electron chi connectivity index (χ3n) is 5.49. The van der Waals surface area contributed by atoms with Gasteiger partial charge in [0, 0.05) is 11.8 Å². The quantitative estimate of drug-likeness (QED) is 0.756. The number of carbonyl (C=O) groups is 2. The van der Waals surface area contributed by atoms with E-state index in [0.717, 1.165) is 19.3 Å². The van der Waals surface area contributed by atoms with Crippen molar-refractivity contribution < 1.29 is 9.59 Å². The van der Waals surface area contributed by atoms with Crippen molar-refractivity contribution in [3.63, 3.8) is 0 Å². The zero-order valence-corrected chi connectivity index (χ0v) is 11.7. The molecular formula is C16H22N2O2. The Morgan fingerprint density at radius 1 is 1.20 bits per heavy atom. The number of terminal acetylenes is 1. The number of hydrogen-bond acceptors (Lipinski definition) is 2. The van der Waals surface area contributed by atoms with Crippen LogP contribution < -0.4 is 11.1 Å². The van der Waals surface area contributed by atoms with E-state index in [4.69, 9.17) is 12.2 Å². The Hall–Kier alpha value is -1.50. The molecule has 0 saturated heterocycles. The van der Waals surface area contributed by atoms with Crippen LogP contribution in [0.1, 0.15) is 44.9 Å². The van der Waals surface area contributed by atoms with E-state index in [1.807, 2.05) is 0 Å². The van der Waals surface area contributed by atoms with Gasteiger partial charge in [0.15, 0.2) is 0 Å². The van der Waals surface area contributed by atoms with E-state index in [2.05, 4.69) is 11.2 Å². The fourth-order valence-electron chi connectivity index (χ4n) is 5.04. The van der Waals surface area contributed by atoms with Gasteiger partial charge in [-0.15, -0.1) is 12.3 Å². The average Bonchev–Trinajstić information content (AvgIpc) is 2.36. The van der Waals surface area contributed by atoms with E-state index in [1.54, 1.807) is 0 Å². The minimum atomic E-state index is -0.722. The Labute approximate surface area is 119 Å². The summed E-state index contributed by atoms with van der Waals surface area (Å²) in [6, 6.07) is -0.722. The van der Waals surface area contributed by atoms with Gasteiger partial charge in [-0.05, 0) is 56.3 Å². The molecule has 4 saturated carbocycles. The van der Waals surface area contributed by atoms with Crippen molar-refractivity contribution in [2.75, 3.05) is 0 Å². The summed E-state index contributed by atoms with van der Waals surface area (Å²) in [5.41, 5.74) is 5.06. The highest BCUT2D eigenvalue weighted by atomic mass is 16.2. The minimum absolute atomic E-state index is 0.00986. The SMILES string of the molecule is C#CC[C@@H](NC(=O)C12CC3CC(CC(C3)C1)C2)C(N)=O. The number of nitrogens with one attached hydrogen (secondary N) is 1. The molecule has 1 atom stereocenters. The summed E-state index contributed by atoms with van der Waals surface area (Å²) >= 11 is 0. The van der Waals surface area contributed by atoms with Gasteiger partial charge in [-0.2, -0.15) is 0 Å². The number of carbonyl (C=O) groups excluding carboxylic acids is 2. The van der Waals surface area contributed by atoms with E-state index in [0.29, 0.717) is 17.8 Å². The van der Waals surface area contributed by atoms with Gasteiger partial charge in [0.25, 0.3) is 0 Å². The summed E-state index contributed by atoms with van der Waals surface area (Å²) in [5, 5.41) is 2.82. The predicted octanol–water partition coefficient (Wildman–Crippen LogP) is 1.20. The fourth-order valence-corrected chi connectivity index (χ4v) is 5.04. The van der Waals surface area contributed by atoms with E-state index < -0.39 is 11.9 Å². The Morgan fingerprint density at radius 2 is 1.70 bits per heavy atom. The summed E-state index contributed by atoms with van der Waals surface area (Å²) in [6.07, 6.45) is 12.2. The molecule has 20 heavy (non-hydrogen) atoms. The van der Waals surface area contributed by atoms with Crippen LogP contribution in [0, 0.1) is 35.5 Å². The molecule has 0 heterocycles. The van der Waals surface area contributed by atoms with Crippen molar-refractivity contribution in [3.05, 3.63) is 0 Å². The second-order valence-electron chi connectivity index (χ2n) is 7.03. The van der Waals surface area contributed by atoms with Crippen molar-refractivity contribution in [2.45, 2.75) is 51.0 Å². The first kappa shape index (κ1) is 13.5. The monoisotopic (exact) mass is 274 g/mol. The van der Waals surface area contributed by atoms with Gasteiger partial charge in [0.1, 0.15) is 6.04 Å². The van der Waals surface area contributed by atoms with Crippen LogP contribution >= 0.6 is 0 Å². The van der Waals surface area contributed by atoms with Crippen LogP contribution in [0.2, 0.25) is 0 Å². The zero-order chi connectivity index (χ0) is 14.3. The lowest BCUT2D eigenvalue weighted by atomic mass is 9.49.